The van der Waals surface area contributed by atoms with Crippen LogP contribution in [0.15, 0.2) is 36.7 Å². The topological polar surface area (TPSA) is 67.6 Å². The van der Waals surface area contributed by atoms with Gasteiger partial charge in [-0.15, -0.1) is 0 Å². The van der Waals surface area contributed by atoms with E-state index < -0.39 is 0 Å². The highest BCUT2D eigenvalue weighted by atomic mass is 35.5. The maximum absolute atomic E-state index is 6.07. The number of nitrogens with zero attached hydrogens (tertiary/aromatic N) is 2. The summed E-state index contributed by atoms with van der Waals surface area (Å²) in [5, 5.41) is 8.35. The first-order chi connectivity index (χ1) is 8.24. The number of H-pyrrole nitrogens is 1. The fraction of sp³-hybridized carbons (Fsp3) is 0. The van der Waals surface area contributed by atoms with E-state index in [4.69, 9.17) is 17.3 Å². The maximum Gasteiger partial charge on any atom is 0.136 e. The molecule has 0 unspecified atom stereocenters. The molecule has 2 aromatic heterocycles. The van der Waals surface area contributed by atoms with Gasteiger partial charge in [0.2, 0.25) is 0 Å². The fourth-order valence-electron chi connectivity index (χ4n) is 1.78. The van der Waals surface area contributed by atoms with Gasteiger partial charge < -0.3 is 5.73 Å². The number of halogens is 1. The average molecular weight is 245 g/mol. The van der Waals surface area contributed by atoms with Gasteiger partial charge in [-0.25, -0.2) is 4.98 Å². The molecule has 2 heterocycles. The molecule has 3 aromatic rings. The van der Waals surface area contributed by atoms with Gasteiger partial charge in [0, 0.05) is 10.9 Å². The van der Waals surface area contributed by atoms with Crippen LogP contribution in [0.2, 0.25) is 5.15 Å². The minimum atomic E-state index is 0.446. The molecular formula is C12H9ClN4. The summed E-state index contributed by atoms with van der Waals surface area (Å²) in [4.78, 5) is 4.04. The molecule has 0 spiro atoms. The van der Waals surface area contributed by atoms with Crippen molar-refractivity contribution in [1.29, 1.82) is 0 Å². The molecule has 3 N–H and O–H groups in total. The van der Waals surface area contributed by atoms with Crippen LogP contribution in [0.5, 0.6) is 0 Å². The summed E-state index contributed by atoms with van der Waals surface area (Å²) in [7, 11) is 0. The summed E-state index contributed by atoms with van der Waals surface area (Å²) < 4.78 is 0. The summed E-state index contributed by atoms with van der Waals surface area (Å²) in [6.45, 7) is 0. The standard InChI is InChI=1S/C12H9ClN4/c13-12-10(4-9(14)6-15-12)7-1-2-11-8(3-7)5-16-17-11/h1-6H,14H2,(H,16,17). The monoisotopic (exact) mass is 244 g/mol. The lowest BCUT2D eigenvalue weighted by Crippen LogP contribution is -1.89. The molecule has 3 rings (SSSR count). The summed E-state index contributed by atoms with van der Waals surface area (Å²) in [6.07, 6.45) is 3.31. The van der Waals surface area contributed by atoms with E-state index in [0.29, 0.717) is 10.8 Å². The molecule has 0 saturated heterocycles. The molecule has 0 fully saturated rings. The molecule has 4 nitrogen and oxygen atoms in total. The Morgan fingerprint density at radius 3 is 2.94 bits per heavy atom. The van der Waals surface area contributed by atoms with Gasteiger partial charge in [0.15, 0.2) is 0 Å². The van der Waals surface area contributed by atoms with E-state index >= 15 is 0 Å². The molecule has 0 bridgehead atoms. The molecule has 0 aliphatic heterocycles. The lowest BCUT2D eigenvalue weighted by atomic mass is 10.1. The van der Waals surface area contributed by atoms with Crippen molar-refractivity contribution in [1.82, 2.24) is 15.2 Å². The molecular weight excluding hydrogens is 236 g/mol. The van der Waals surface area contributed by atoms with Crippen molar-refractivity contribution in [3.05, 3.63) is 41.8 Å². The predicted molar refractivity (Wildman–Crippen MR) is 68.7 cm³/mol. The fourth-order valence-corrected chi connectivity index (χ4v) is 1.99. The van der Waals surface area contributed by atoms with Crippen molar-refractivity contribution in [2.24, 2.45) is 0 Å². The van der Waals surface area contributed by atoms with Crippen molar-refractivity contribution < 1.29 is 0 Å². The highest BCUT2D eigenvalue weighted by Crippen LogP contribution is 2.29. The third kappa shape index (κ3) is 1.72. The molecule has 5 heteroatoms. The predicted octanol–water partition coefficient (Wildman–Crippen LogP) is 2.86. The summed E-state index contributed by atoms with van der Waals surface area (Å²) in [5.74, 6) is 0. The number of rotatable bonds is 1. The quantitative estimate of drug-likeness (QED) is 0.647. The molecule has 17 heavy (non-hydrogen) atoms. The molecule has 84 valence electrons. The third-order valence-electron chi connectivity index (χ3n) is 2.61. The number of fused-ring (bicyclic) bond motifs is 1. The number of aromatic amines is 1. The van der Waals surface area contributed by atoms with Gasteiger partial charge in [0.05, 0.1) is 23.6 Å². The Bertz CT molecular complexity index is 690. The molecule has 0 aliphatic rings. The average Bonchev–Trinajstić information content (AvgIpc) is 2.79. The van der Waals surface area contributed by atoms with E-state index in [-0.39, 0.29) is 0 Å². The zero-order valence-electron chi connectivity index (χ0n) is 8.81. The van der Waals surface area contributed by atoms with Crippen molar-refractivity contribution in [3.63, 3.8) is 0 Å². The Balaban J connectivity index is 2.22. The molecule has 0 saturated carbocycles. The number of pyridine rings is 1. The van der Waals surface area contributed by atoms with Crippen LogP contribution in [-0.2, 0) is 0 Å². The van der Waals surface area contributed by atoms with Crippen molar-refractivity contribution in [3.8, 4) is 11.1 Å². The minimum absolute atomic E-state index is 0.446. The van der Waals surface area contributed by atoms with Gasteiger partial charge in [-0.05, 0) is 23.8 Å². The SMILES string of the molecule is Nc1cnc(Cl)c(-c2ccc3[nH]ncc3c2)c1. The maximum atomic E-state index is 6.07. The van der Waals surface area contributed by atoms with Crippen LogP contribution in [0.1, 0.15) is 0 Å². The Labute approximate surface area is 102 Å². The summed E-state index contributed by atoms with van der Waals surface area (Å²) in [5.41, 5.74) is 9.10. The summed E-state index contributed by atoms with van der Waals surface area (Å²) in [6, 6.07) is 7.73. The van der Waals surface area contributed by atoms with E-state index in [0.717, 1.165) is 22.0 Å². The van der Waals surface area contributed by atoms with Crippen LogP contribution in [-0.4, -0.2) is 15.2 Å². The van der Waals surface area contributed by atoms with Crippen LogP contribution in [0.4, 0.5) is 5.69 Å². The number of benzene rings is 1. The Hall–Kier alpha value is -2.07. The van der Waals surface area contributed by atoms with Gasteiger partial charge in [-0.2, -0.15) is 5.10 Å². The minimum Gasteiger partial charge on any atom is -0.397 e. The van der Waals surface area contributed by atoms with Crippen LogP contribution in [0, 0.1) is 0 Å². The Kier molecular flexibility index (Phi) is 2.23. The molecule has 0 atom stereocenters. The van der Waals surface area contributed by atoms with E-state index in [9.17, 15) is 0 Å². The highest BCUT2D eigenvalue weighted by molar-refractivity contribution is 6.32. The van der Waals surface area contributed by atoms with Gasteiger partial charge in [-0.1, -0.05) is 17.7 Å². The number of nitrogens with two attached hydrogens (primary N) is 1. The number of aromatic nitrogens is 3. The van der Waals surface area contributed by atoms with Crippen LogP contribution in [0.3, 0.4) is 0 Å². The van der Waals surface area contributed by atoms with Crippen molar-refractivity contribution in [2.75, 3.05) is 5.73 Å². The highest BCUT2D eigenvalue weighted by Gasteiger charge is 2.06. The number of nitrogens with one attached hydrogen (secondary N) is 1. The van der Waals surface area contributed by atoms with E-state index in [1.165, 1.54) is 0 Å². The molecule has 0 amide bonds. The smallest absolute Gasteiger partial charge is 0.136 e. The zero-order valence-corrected chi connectivity index (χ0v) is 9.57. The van der Waals surface area contributed by atoms with Gasteiger partial charge >= 0.3 is 0 Å². The summed E-state index contributed by atoms with van der Waals surface area (Å²) >= 11 is 6.07. The first-order valence-electron chi connectivity index (χ1n) is 5.08. The second-order valence-corrected chi connectivity index (χ2v) is 4.14. The van der Waals surface area contributed by atoms with Gasteiger partial charge in [-0.3, -0.25) is 5.10 Å². The van der Waals surface area contributed by atoms with Crippen LogP contribution >= 0.6 is 11.6 Å². The Morgan fingerprint density at radius 1 is 1.18 bits per heavy atom. The third-order valence-corrected chi connectivity index (χ3v) is 2.91. The largest absolute Gasteiger partial charge is 0.397 e. The first kappa shape index (κ1) is 10.1. The number of nitrogen functional groups attached to an aromatic ring is 1. The molecule has 0 radical (unpaired) electrons. The van der Waals surface area contributed by atoms with Gasteiger partial charge in [0.1, 0.15) is 5.15 Å². The Morgan fingerprint density at radius 2 is 2.06 bits per heavy atom. The molecule has 0 aliphatic carbocycles. The number of hydrogen-bond donors (Lipinski definition) is 2. The first-order valence-corrected chi connectivity index (χ1v) is 5.46. The number of anilines is 1. The second kappa shape index (κ2) is 3.75. The molecule has 1 aromatic carbocycles. The van der Waals surface area contributed by atoms with Crippen molar-refractivity contribution in [2.45, 2.75) is 0 Å². The number of hydrogen-bond acceptors (Lipinski definition) is 3. The van der Waals surface area contributed by atoms with E-state index in [2.05, 4.69) is 15.2 Å². The van der Waals surface area contributed by atoms with Gasteiger partial charge in [0.25, 0.3) is 0 Å². The second-order valence-electron chi connectivity index (χ2n) is 3.78. The van der Waals surface area contributed by atoms with Crippen LogP contribution in [0.25, 0.3) is 22.0 Å². The van der Waals surface area contributed by atoms with Crippen molar-refractivity contribution >= 4 is 28.2 Å². The normalized spacial score (nSPS) is 10.9. The zero-order chi connectivity index (χ0) is 11.8. The van der Waals surface area contributed by atoms with E-state index in [1.54, 1.807) is 12.4 Å². The van der Waals surface area contributed by atoms with E-state index in [1.807, 2.05) is 24.3 Å². The lowest BCUT2D eigenvalue weighted by molar-refractivity contribution is 1.12. The van der Waals surface area contributed by atoms with Crippen LogP contribution < -0.4 is 5.73 Å². The lowest BCUT2D eigenvalue weighted by Gasteiger charge is -2.04.